The van der Waals surface area contributed by atoms with Crippen LogP contribution in [0.25, 0.3) is 11.1 Å². The average molecular weight is 467 g/mol. The maximum Gasteiger partial charge on any atom is 0.266 e. The molecule has 0 radical (unpaired) electrons. The van der Waals surface area contributed by atoms with Gasteiger partial charge in [-0.2, -0.15) is 0 Å². The number of nitrogens with zero attached hydrogens (tertiary/aromatic N) is 4. The smallest absolute Gasteiger partial charge is 0.266 e. The molecule has 1 atom stereocenters. The minimum Gasteiger partial charge on any atom is -0.455 e. The zero-order chi connectivity index (χ0) is 23.5. The van der Waals surface area contributed by atoms with Crippen LogP contribution in [0.15, 0.2) is 53.9 Å². The van der Waals surface area contributed by atoms with E-state index in [4.69, 9.17) is 20.2 Å². The van der Waals surface area contributed by atoms with E-state index in [2.05, 4.69) is 9.97 Å². The molecule has 0 aliphatic carbocycles. The Kier molecular flexibility index (Phi) is 4.57. The molecule has 3 aromatic rings. The summed E-state index contributed by atoms with van der Waals surface area (Å²) in [4.78, 5) is 14.7. The molecular weight excluding hydrogens is 447 g/mol. The zero-order valence-electron chi connectivity index (χ0n) is 18.0. The highest BCUT2D eigenvalue weighted by molar-refractivity contribution is 5.84. The molecule has 2 N–H and O–H groups in total. The number of hydrogen-bond donors (Lipinski definition) is 1. The Hall–Kier alpha value is -3.66. The van der Waals surface area contributed by atoms with Crippen molar-refractivity contribution in [2.75, 3.05) is 31.2 Å². The summed E-state index contributed by atoms with van der Waals surface area (Å²) in [5, 5.41) is 0. The lowest BCUT2D eigenvalue weighted by atomic mass is 9.80. The fraction of sp³-hybridized carbons (Fsp3) is 0.292. The Bertz CT molecular complexity index is 1330. The van der Waals surface area contributed by atoms with Crippen LogP contribution in [0.2, 0.25) is 0 Å². The normalized spacial score (nSPS) is 22.7. The zero-order valence-corrected chi connectivity index (χ0v) is 18.0. The van der Waals surface area contributed by atoms with Crippen molar-refractivity contribution in [1.82, 2.24) is 9.97 Å². The van der Waals surface area contributed by atoms with Crippen LogP contribution in [0.4, 0.5) is 19.0 Å². The van der Waals surface area contributed by atoms with Gasteiger partial charge in [0.1, 0.15) is 35.4 Å². The number of fused-ring (bicyclic) bond motifs is 4. The van der Waals surface area contributed by atoms with Crippen LogP contribution in [-0.2, 0) is 10.3 Å². The summed E-state index contributed by atoms with van der Waals surface area (Å²) in [6.07, 6.45) is 4.00. The highest BCUT2D eigenvalue weighted by Crippen LogP contribution is 2.51. The summed E-state index contributed by atoms with van der Waals surface area (Å²) in [7, 11) is 0. The Morgan fingerprint density at radius 3 is 2.62 bits per heavy atom. The van der Waals surface area contributed by atoms with E-state index < -0.39 is 23.8 Å². The minimum atomic E-state index is -2.76. The number of pyridine rings is 2. The Labute approximate surface area is 193 Å². The summed E-state index contributed by atoms with van der Waals surface area (Å²) in [5.41, 5.74) is 7.65. The van der Waals surface area contributed by atoms with Gasteiger partial charge in [0.05, 0.1) is 25.5 Å². The number of rotatable bonds is 2. The highest BCUT2D eigenvalue weighted by Gasteiger charge is 2.46. The topological polar surface area (TPSA) is 85.9 Å². The van der Waals surface area contributed by atoms with Gasteiger partial charge in [0, 0.05) is 35.9 Å². The van der Waals surface area contributed by atoms with Crippen LogP contribution in [0.3, 0.4) is 0 Å². The van der Waals surface area contributed by atoms with Gasteiger partial charge in [0.2, 0.25) is 0 Å². The van der Waals surface area contributed by atoms with Gasteiger partial charge < -0.3 is 20.1 Å². The van der Waals surface area contributed by atoms with Crippen LogP contribution in [0, 0.1) is 5.82 Å². The third kappa shape index (κ3) is 3.37. The molecule has 1 aromatic carbocycles. The monoisotopic (exact) mass is 467 g/mol. The van der Waals surface area contributed by atoms with E-state index >= 15 is 0 Å². The predicted octanol–water partition coefficient (Wildman–Crippen LogP) is 3.86. The standard InChI is InChI=1S/C24H20F3N5O2/c25-16-5-15(8-29-9-16)14-1-2-19-17(6-14)24(13-33-11-21(28)31-24)18-7-22(30-10-20(18)34-19)32-4-3-23(26,27)12-32/h1-2,5-10H,3-4,11-13H2,(H2,28,31)/t24-/m0/s1. The first kappa shape index (κ1) is 20.9. The van der Waals surface area contributed by atoms with Gasteiger partial charge in [-0.1, -0.05) is 6.07 Å². The van der Waals surface area contributed by atoms with E-state index in [1.54, 1.807) is 29.3 Å². The van der Waals surface area contributed by atoms with Crippen molar-refractivity contribution >= 4 is 11.7 Å². The van der Waals surface area contributed by atoms with Crippen molar-refractivity contribution < 1.29 is 22.6 Å². The van der Waals surface area contributed by atoms with Crippen LogP contribution < -0.4 is 15.4 Å². The van der Waals surface area contributed by atoms with Crippen LogP contribution in [0.5, 0.6) is 11.5 Å². The summed E-state index contributed by atoms with van der Waals surface area (Å²) in [5.74, 6) is -1.52. The highest BCUT2D eigenvalue weighted by atomic mass is 19.3. The molecule has 0 saturated carbocycles. The number of anilines is 1. The molecule has 1 fully saturated rings. The summed E-state index contributed by atoms with van der Waals surface area (Å²) < 4.78 is 53.5. The van der Waals surface area contributed by atoms with Gasteiger partial charge in [0.15, 0.2) is 5.75 Å². The molecule has 0 unspecified atom stereocenters. The number of amidine groups is 1. The molecule has 3 aliphatic rings. The Morgan fingerprint density at radius 1 is 1.00 bits per heavy atom. The van der Waals surface area contributed by atoms with Crippen molar-refractivity contribution in [2.45, 2.75) is 17.9 Å². The molecular formula is C24H20F3N5O2. The number of hydrogen-bond acceptors (Lipinski definition) is 7. The van der Waals surface area contributed by atoms with Gasteiger partial charge in [-0.25, -0.2) is 18.2 Å². The number of aliphatic imine (C=N–C) groups is 1. The molecule has 2 aromatic heterocycles. The van der Waals surface area contributed by atoms with Crippen LogP contribution in [0.1, 0.15) is 17.5 Å². The number of alkyl halides is 2. The van der Waals surface area contributed by atoms with Crippen LogP contribution in [-0.4, -0.2) is 48.0 Å². The second-order valence-electron chi connectivity index (χ2n) is 8.73. The van der Waals surface area contributed by atoms with E-state index in [0.29, 0.717) is 45.4 Å². The molecule has 1 saturated heterocycles. The molecule has 7 nitrogen and oxygen atoms in total. The summed E-state index contributed by atoms with van der Waals surface area (Å²) in [6.45, 7) is 0.141. The molecule has 1 spiro atoms. The minimum absolute atomic E-state index is 0.168. The third-order valence-corrected chi connectivity index (χ3v) is 6.37. The fourth-order valence-electron chi connectivity index (χ4n) is 4.78. The molecule has 10 heteroatoms. The number of nitrogens with two attached hydrogens (primary N) is 1. The number of halogens is 3. The Morgan fingerprint density at radius 2 is 1.85 bits per heavy atom. The van der Waals surface area contributed by atoms with Gasteiger partial charge in [-0.15, -0.1) is 0 Å². The molecule has 0 amide bonds. The first-order valence-electron chi connectivity index (χ1n) is 10.8. The van der Waals surface area contributed by atoms with E-state index in [9.17, 15) is 13.2 Å². The van der Waals surface area contributed by atoms with E-state index in [1.807, 2.05) is 6.07 Å². The van der Waals surface area contributed by atoms with Crippen molar-refractivity contribution in [3.8, 4) is 22.6 Å². The van der Waals surface area contributed by atoms with Crippen LogP contribution >= 0.6 is 0 Å². The van der Waals surface area contributed by atoms with Gasteiger partial charge >= 0.3 is 0 Å². The molecule has 34 heavy (non-hydrogen) atoms. The average Bonchev–Trinajstić information content (AvgIpc) is 3.19. The molecule has 0 bridgehead atoms. The first-order chi connectivity index (χ1) is 16.3. The molecule has 174 valence electrons. The van der Waals surface area contributed by atoms with Gasteiger partial charge in [-0.3, -0.25) is 9.98 Å². The molecule has 3 aliphatic heterocycles. The maximum atomic E-state index is 13.9. The lowest BCUT2D eigenvalue weighted by Gasteiger charge is -2.39. The van der Waals surface area contributed by atoms with E-state index in [-0.39, 0.29) is 26.2 Å². The fourth-order valence-corrected chi connectivity index (χ4v) is 4.78. The van der Waals surface area contributed by atoms with Gasteiger partial charge in [-0.05, 0) is 29.8 Å². The molecule has 6 rings (SSSR count). The van der Waals surface area contributed by atoms with Crippen molar-refractivity contribution in [3.05, 3.63) is 65.9 Å². The SMILES string of the molecule is NC1=N[C@@]2(COC1)c1cc(-c3cncc(F)c3)ccc1Oc1cnc(N3CCC(F)(F)C3)cc12. The van der Waals surface area contributed by atoms with E-state index in [1.165, 1.54) is 12.3 Å². The lowest BCUT2D eigenvalue weighted by Crippen LogP contribution is -2.42. The quantitative estimate of drug-likeness (QED) is 0.616. The largest absolute Gasteiger partial charge is 0.455 e. The summed E-state index contributed by atoms with van der Waals surface area (Å²) in [6, 6.07) is 8.55. The Balaban J connectivity index is 1.51. The maximum absolute atomic E-state index is 13.9. The number of benzene rings is 1. The second-order valence-corrected chi connectivity index (χ2v) is 8.73. The third-order valence-electron chi connectivity index (χ3n) is 6.37. The van der Waals surface area contributed by atoms with E-state index in [0.717, 1.165) is 6.20 Å². The van der Waals surface area contributed by atoms with Crippen molar-refractivity contribution in [1.29, 1.82) is 0 Å². The number of ether oxygens (including phenoxy) is 2. The second kappa shape index (κ2) is 7.42. The van der Waals surface area contributed by atoms with Crippen molar-refractivity contribution in [3.63, 3.8) is 0 Å². The number of aromatic nitrogens is 2. The predicted molar refractivity (Wildman–Crippen MR) is 119 cm³/mol. The first-order valence-corrected chi connectivity index (χ1v) is 10.8. The lowest BCUT2D eigenvalue weighted by molar-refractivity contribution is 0.0256. The van der Waals surface area contributed by atoms with Crippen molar-refractivity contribution in [2.24, 2.45) is 10.7 Å². The molecule has 5 heterocycles. The van der Waals surface area contributed by atoms with Gasteiger partial charge in [0.25, 0.3) is 5.92 Å². The summed E-state index contributed by atoms with van der Waals surface area (Å²) >= 11 is 0.